The lowest BCUT2D eigenvalue weighted by molar-refractivity contribution is 1.48. The summed E-state index contributed by atoms with van der Waals surface area (Å²) < 4.78 is 5.16. The molecule has 0 radical (unpaired) electrons. The number of nitrogens with zero attached hydrogens (tertiary/aromatic N) is 1. The molecule has 1 nitrogen and oxygen atoms in total. The van der Waals surface area contributed by atoms with Gasteiger partial charge in [-0.25, -0.2) is 0 Å². The summed E-state index contributed by atoms with van der Waals surface area (Å²) in [4.78, 5) is 0. The van der Waals surface area contributed by atoms with E-state index >= 15 is 0 Å². The Kier molecular flexibility index (Phi) is 5.31. The Balaban J connectivity index is 1.43. The summed E-state index contributed by atoms with van der Waals surface area (Å²) in [5, 5.41) is 15.2. The largest absolute Gasteiger partial charge is 0.192 e. The molecule has 2 heterocycles. The number of fused-ring (bicyclic) bond motifs is 6. The van der Waals surface area contributed by atoms with Crippen molar-refractivity contribution in [1.82, 2.24) is 0 Å². The molecule has 0 aliphatic carbocycles. The number of hydrogen-bond acceptors (Lipinski definition) is 3. The molecule has 0 unspecified atom stereocenters. The molecule has 0 atom stereocenters. The Morgan fingerprint density at radius 1 is 0.425 bits per heavy atom. The van der Waals surface area contributed by atoms with Gasteiger partial charge in [0.25, 0.3) is 0 Å². The fraction of sp³-hybridized carbons (Fsp3) is 0. The second-order valence-corrected chi connectivity index (χ2v) is 12.1. The summed E-state index contributed by atoms with van der Waals surface area (Å²) in [7, 11) is 0. The van der Waals surface area contributed by atoms with Crippen LogP contribution in [0.25, 0.3) is 73.7 Å². The molecule has 0 fully saturated rings. The summed E-state index contributed by atoms with van der Waals surface area (Å²) in [5.41, 5.74) is 7.46. The lowest BCUT2D eigenvalue weighted by Crippen LogP contribution is -1.91. The van der Waals surface area contributed by atoms with Crippen LogP contribution in [-0.4, -0.2) is 0 Å². The lowest BCUT2D eigenvalue weighted by atomic mass is 9.88. The summed E-state index contributed by atoms with van der Waals surface area (Å²) in [5.74, 6) is 0. The number of benzene rings is 6. The van der Waals surface area contributed by atoms with Crippen LogP contribution in [0.1, 0.15) is 5.56 Å². The SMILES string of the molecule is N#Cc1ccccc1-c1cc(-c2cccc3c2sc2ccccc23)ccc1-c1cccc2c1sc1ccccc12. The number of rotatable bonds is 3. The van der Waals surface area contributed by atoms with Crippen molar-refractivity contribution in [2.24, 2.45) is 0 Å². The smallest absolute Gasteiger partial charge is 0.0998 e. The van der Waals surface area contributed by atoms with Gasteiger partial charge in [0, 0.05) is 51.5 Å². The fourth-order valence-electron chi connectivity index (χ4n) is 5.92. The Morgan fingerprint density at radius 3 is 1.68 bits per heavy atom. The molecule has 0 bridgehead atoms. The van der Waals surface area contributed by atoms with Gasteiger partial charge in [-0.3, -0.25) is 0 Å². The van der Waals surface area contributed by atoms with Crippen LogP contribution in [0.15, 0.2) is 127 Å². The first kappa shape index (κ1) is 23.2. The highest BCUT2D eigenvalue weighted by Crippen LogP contribution is 2.46. The Morgan fingerprint density at radius 2 is 0.975 bits per heavy atom. The number of hydrogen-bond donors (Lipinski definition) is 0. The Bertz CT molecular complexity index is 2290. The van der Waals surface area contributed by atoms with E-state index in [2.05, 4.69) is 115 Å². The standard InChI is InChI=1S/C37H21NS2/c38-22-24-9-1-2-10-25(24)33-21-23(26-13-7-15-31-28-11-3-5-17-34(28)39-36(26)31)19-20-27(33)30-14-8-16-32-29-12-4-6-18-35(29)40-37(30)32/h1-21H. The third-order valence-electron chi connectivity index (χ3n) is 7.77. The summed E-state index contributed by atoms with van der Waals surface area (Å²) in [6.45, 7) is 0. The molecule has 8 aromatic rings. The van der Waals surface area contributed by atoms with Crippen molar-refractivity contribution in [3.63, 3.8) is 0 Å². The number of nitriles is 1. The molecule has 0 amide bonds. The van der Waals surface area contributed by atoms with Crippen LogP contribution in [0.3, 0.4) is 0 Å². The second-order valence-electron chi connectivity index (χ2n) is 9.98. The fourth-order valence-corrected chi connectivity index (χ4v) is 8.39. The summed E-state index contributed by atoms with van der Waals surface area (Å²) >= 11 is 3.69. The van der Waals surface area contributed by atoms with Crippen LogP contribution in [0, 0.1) is 11.3 Å². The molecule has 3 heteroatoms. The van der Waals surface area contributed by atoms with E-state index in [-0.39, 0.29) is 0 Å². The maximum atomic E-state index is 10.1. The van der Waals surface area contributed by atoms with Crippen molar-refractivity contribution in [2.45, 2.75) is 0 Å². The first-order valence-electron chi connectivity index (χ1n) is 13.2. The van der Waals surface area contributed by atoms with Gasteiger partial charge in [0.15, 0.2) is 0 Å². The van der Waals surface area contributed by atoms with Gasteiger partial charge in [-0.15, -0.1) is 22.7 Å². The van der Waals surface area contributed by atoms with Gasteiger partial charge in [-0.2, -0.15) is 5.26 Å². The maximum Gasteiger partial charge on any atom is 0.0998 e. The van der Waals surface area contributed by atoms with Crippen molar-refractivity contribution in [3.8, 4) is 39.4 Å². The monoisotopic (exact) mass is 543 g/mol. The molecule has 40 heavy (non-hydrogen) atoms. The van der Waals surface area contributed by atoms with E-state index in [1.807, 2.05) is 40.9 Å². The second kappa shape index (κ2) is 9.17. The van der Waals surface area contributed by atoms with Crippen LogP contribution < -0.4 is 0 Å². The minimum Gasteiger partial charge on any atom is -0.192 e. The van der Waals surface area contributed by atoms with Crippen molar-refractivity contribution >= 4 is 63.0 Å². The first-order chi connectivity index (χ1) is 19.8. The zero-order valence-electron chi connectivity index (χ0n) is 21.4. The molecule has 0 aliphatic heterocycles. The predicted molar refractivity (Wildman–Crippen MR) is 173 cm³/mol. The molecular formula is C37H21NS2. The van der Waals surface area contributed by atoms with Crippen molar-refractivity contribution in [3.05, 3.63) is 133 Å². The average molecular weight is 544 g/mol. The number of thiophene rings is 2. The van der Waals surface area contributed by atoms with Gasteiger partial charge in [0.2, 0.25) is 0 Å². The molecule has 8 rings (SSSR count). The van der Waals surface area contributed by atoms with E-state index < -0.39 is 0 Å². The molecule has 2 aromatic heterocycles. The van der Waals surface area contributed by atoms with E-state index in [4.69, 9.17) is 0 Å². The zero-order valence-corrected chi connectivity index (χ0v) is 23.0. The highest BCUT2D eigenvalue weighted by Gasteiger charge is 2.18. The van der Waals surface area contributed by atoms with Crippen molar-refractivity contribution in [1.29, 1.82) is 5.26 Å². The molecule has 186 valence electrons. The van der Waals surface area contributed by atoms with E-state index in [1.54, 1.807) is 0 Å². The van der Waals surface area contributed by atoms with Crippen LogP contribution in [0.2, 0.25) is 0 Å². The quantitative estimate of drug-likeness (QED) is 0.217. The van der Waals surface area contributed by atoms with E-state index in [9.17, 15) is 5.26 Å². The molecule has 0 spiro atoms. The maximum absolute atomic E-state index is 10.1. The molecular weight excluding hydrogens is 523 g/mol. The minimum atomic E-state index is 0.685. The van der Waals surface area contributed by atoms with Gasteiger partial charge in [0.05, 0.1) is 11.6 Å². The average Bonchev–Trinajstić information content (AvgIpc) is 3.59. The normalized spacial score (nSPS) is 11.5. The topological polar surface area (TPSA) is 23.8 Å². The molecule has 0 saturated carbocycles. The van der Waals surface area contributed by atoms with Crippen LogP contribution >= 0.6 is 22.7 Å². The van der Waals surface area contributed by atoms with Gasteiger partial charge < -0.3 is 0 Å². The first-order valence-corrected chi connectivity index (χ1v) is 14.9. The van der Waals surface area contributed by atoms with Gasteiger partial charge in [-0.05, 0) is 46.5 Å². The van der Waals surface area contributed by atoms with E-state index in [0.29, 0.717) is 5.56 Å². The van der Waals surface area contributed by atoms with Crippen LogP contribution in [0.4, 0.5) is 0 Å². The highest BCUT2D eigenvalue weighted by atomic mass is 32.1. The zero-order chi connectivity index (χ0) is 26.6. The highest BCUT2D eigenvalue weighted by molar-refractivity contribution is 7.26. The molecule has 0 N–H and O–H groups in total. The summed E-state index contributed by atoms with van der Waals surface area (Å²) in [6, 6.07) is 47.6. The minimum absolute atomic E-state index is 0.685. The third kappa shape index (κ3) is 3.51. The van der Waals surface area contributed by atoms with E-state index in [0.717, 1.165) is 22.3 Å². The van der Waals surface area contributed by atoms with Crippen molar-refractivity contribution in [2.75, 3.05) is 0 Å². The molecule has 0 saturated heterocycles. The van der Waals surface area contributed by atoms with Crippen molar-refractivity contribution < 1.29 is 0 Å². The third-order valence-corrected chi connectivity index (χ3v) is 10.2. The molecule has 0 aliphatic rings. The van der Waals surface area contributed by atoms with Gasteiger partial charge in [-0.1, -0.05) is 103 Å². The Labute approximate surface area is 239 Å². The molecule has 6 aromatic carbocycles. The van der Waals surface area contributed by atoms with Gasteiger partial charge >= 0.3 is 0 Å². The lowest BCUT2D eigenvalue weighted by Gasteiger charge is -2.15. The predicted octanol–water partition coefficient (Wildman–Crippen LogP) is 11.3. The van der Waals surface area contributed by atoms with Crippen LogP contribution in [0.5, 0.6) is 0 Å². The van der Waals surface area contributed by atoms with Crippen LogP contribution in [-0.2, 0) is 0 Å². The van der Waals surface area contributed by atoms with E-state index in [1.165, 1.54) is 51.5 Å². The van der Waals surface area contributed by atoms with Gasteiger partial charge in [0.1, 0.15) is 0 Å². The Hall–Kier alpha value is -4.75. The summed E-state index contributed by atoms with van der Waals surface area (Å²) in [6.07, 6.45) is 0.